The average Bonchev–Trinajstić information content (AvgIpc) is 2.77. The van der Waals surface area contributed by atoms with E-state index >= 15 is 0 Å². The molecule has 0 aliphatic carbocycles. The highest BCUT2D eigenvalue weighted by molar-refractivity contribution is 5.77. The number of hydrogen-bond acceptors (Lipinski definition) is 4. The quantitative estimate of drug-likeness (QED) is 0.900. The molecule has 1 aliphatic heterocycles. The Morgan fingerprint density at radius 2 is 2.39 bits per heavy atom. The summed E-state index contributed by atoms with van der Waals surface area (Å²) in [5, 5.41) is 3.38. The third-order valence-electron chi connectivity index (χ3n) is 3.05. The van der Waals surface area contributed by atoms with Crippen LogP contribution in [0.1, 0.15) is 18.7 Å². The van der Waals surface area contributed by atoms with E-state index in [-0.39, 0.29) is 6.10 Å². The summed E-state index contributed by atoms with van der Waals surface area (Å²) < 4.78 is 11.0. The van der Waals surface area contributed by atoms with Gasteiger partial charge >= 0.3 is 0 Å². The summed E-state index contributed by atoms with van der Waals surface area (Å²) in [4.78, 5) is 4.32. The summed E-state index contributed by atoms with van der Waals surface area (Å²) in [6, 6.07) is 5.95. The maximum absolute atomic E-state index is 5.51. The Hall–Kier alpha value is -1.97. The molecule has 1 aliphatic rings. The third kappa shape index (κ3) is 2.32. The van der Waals surface area contributed by atoms with Crippen molar-refractivity contribution in [2.24, 2.45) is 0 Å². The van der Waals surface area contributed by atoms with Crippen molar-refractivity contribution in [3.8, 4) is 0 Å². The second kappa shape index (κ2) is 4.72. The Bertz CT molecular complexity index is 574. The number of hydrogen-bond donors (Lipinski definition) is 1. The van der Waals surface area contributed by atoms with E-state index in [0.29, 0.717) is 5.89 Å². The molecule has 0 radical (unpaired) electrons. The van der Waals surface area contributed by atoms with Crippen molar-refractivity contribution in [1.82, 2.24) is 4.98 Å². The highest BCUT2D eigenvalue weighted by Gasteiger charge is 2.10. The molecule has 18 heavy (non-hydrogen) atoms. The Morgan fingerprint density at radius 3 is 3.22 bits per heavy atom. The molecule has 2 aromatic rings. The van der Waals surface area contributed by atoms with Crippen LogP contribution in [0.15, 0.2) is 35.0 Å². The molecule has 1 N–H and O–H groups in total. The standard InChI is InChI=1S/C14H16N2O2/c1-10-16-13-8-11(5-6-14(13)18-10)15-9-12-4-2-3-7-17-12/h3,5-8,12,15H,2,4,9H2,1H3. The van der Waals surface area contributed by atoms with E-state index in [1.807, 2.05) is 25.1 Å². The number of aryl methyl sites for hydroxylation is 1. The average molecular weight is 244 g/mol. The molecular weight excluding hydrogens is 228 g/mol. The first kappa shape index (κ1) is 11.1. The first-order valence-corrected chi connectivity index (χ1v) is 6.23. The fraction of sp³-hybridized carbons (Fsp3) is 0.357. The second-order valence-electron chi connectivity index (χ2n) is 4.50. The summed E-state index contributed by atoms with van der Waals surface area (Å²) in [6.07, 6.45) is 6.26. The summed E-state index contributed by atoms with van der Waals surface area (Å²) in [5.74, 6) is 0.697. The van der Waals surface area contributed by atoms with Crippen LogP contribution < -0.4 is 5.32 Å². The number of anilines is 1. The molecule has 1 unspecified atom stereocenters. The maximum Gasteiger partial charge on any atom is 0.192 e. The third-order valence-corrected chi connectivity index (χ3v) is 3.05. The van der Waals surface area contributed by atoms with Crippen LogP contribution in [-0.2, 0) is 4.74 Å². The van der Waals surface area contributed by atoms with Crippen LogP contribution in [0.4, 0.5) is 5.69 Å². The number of aromatic nitrogens is 1. The number of oxazole rings is 1. The molecule has 2 heterocycles. The second-order valence-corrected chi connectivity index (χ2v) is 4.50. The molecule has 0 saturated carbocycles. The molecule has 4 nitrogen and oxygen atoms in total. The molecule has 4 heteroatoms. The summed E-state index contributed by atoms with van der Waals surface area (Å²) >= 11 is 0. The molecule has 0 fully saturated rings. The number of rotatable bonds is 3. The van der Waals surface area contributed by atoms with Crippen molar-refractivity contribution in [2.45, 2.75) is 25.9 Å². The highest BCUT2D eigenvalue weighted by atomic mass is 16.5. The van der Waals surface area contributed by atoms with E-state index in [1.165, 1.54) is 0 Å². The van der Waals surface area contributed by atoms with Gasteiger partial charge in [0.2, 0.25) is 0 Å². The molecule has 3 rings (SSSR count). The first-order chi connectivity index (χ1) is 8.81. The zero-order valence-corrected chi connectivity index (χ0v) is 10.3. The van der Waals surface area contributed by atoms with Gasteiger partial charge < -0.3 is 14.5 Å². The van der Waals surface area contributed by atoms with Gasteiger partial charge in [0, 0.05) is 12.6 Å². The number of benzene rings is 1. The van der Waals surface area contributed by atoms with Gasteiger partial charge in [0.25, 0.3) is 0 Å². The lowest BCUT2D eigenvalue weighted by atomic mass is 10.1. The minimum absolute atomic E-state index is 0.254. The topological polar surface area (TPSA) is 47.3 Å². The lowest BCUT2D eigenvalue weighted by Crippen LogP contribution is -2.22. The van der Waals surface area contributed by atoms with Gasteiger partial charge in [-0.05, 0) is 37.1 Å². The van der Waals surface area contributed by atoms with Gasteiger partial charge in [0.05, 0.1) is 12.8 Å². The highest BCUT2D eigenvalue weighted by Crippen LogP contribution is 2.20. The zero-order chi connectivity index (χ0) is 12.4. The minimum atomic E-state index is 0.254. The van der Waals surface area contributed by atoms with E-state index in [1.54, 1.807) is 6.26 Å². The van der Waals surface area contributed by atoms with Gasteiger partial charge in [-0.2, -0.15) is 0 Å². The normalized spacial score (nSPS) is 18.8. The summed E-state index contributed by atoms with van der Waals surface area (Å²) in [5.41, 5.74) is 2.77. The molecule has 1 aromatic heterocycles. The van der Waals surface area contributed by atoms with Crippen LogP contribution in [0.3, 0.4) is 0 Å². The van der Waals surface area contributed by atoms with Crippen molar-refractivity contribution >= 4 is 16.8 Å². The number of allylic oxidation sites excluding steroid dienone is 1. The van der Waals surface area contributed by atoms with E-state index in [0.717, 1.165) is 36.2 Å². The van der Waals surface area contributed by atoms with E-state index in [4.69, 9.17) is 9.15 Å². The molecule has 0 saturated heterocycles. The van der Waals surface area contributed by atoms with Crippen LogP contribution >= 0.6 is 0 Å². The predicted octanol–water partition coefficient (Wildman–Crippen LogP) is 3.24. The van der Waals surface area contributed by atoms with Gasteiger partial charge in [-0.15, -0.1) is 0 Å². The largest absolute Gasteiger partial charge is 0.497 e. The zero-order valence-electron chi connectivity index (χ0n) is 10.3. The number of ether oxygens (including phenoxy) is 1. The Labute approximate surface area is 106 Å². The Balaban J connectivity index is 1.68. The fourth-order valence-corrected chi connectivity index (χ4v) is 2.12. The lowest BCUT2D eigenvalue weighted by Gasteiger charge is -2.20. The predicted molar refractivity (Wildman–Crippen MR) is 70.5 cm³/mol. The maximum atomic E-state index is 5.51. The van der Waals surface area contributed by atoms with E-state index in [2.05, 4.69) is 16.4 Å². The van der Waals surface area contributed by atoms with Crippen molar-refractivity contribution < 1.29 is 9.15 Å². The molecule has 0 spiro atoms. The van der Waals surface area contributed by atoms with Crippen molar-refractivity contribution in [1.29, 1.82) is 0 Å². The minimum Gasteiger partial charge on any atom is -0.497 e. The van der Waals surface area contributed by atoms with Gasteiger partial charge in [0.1, 0.15) is 11.6 Å². The summed E-state index contributed by atoms with van der Waals surface area (Å²) in [7, 11) is 0. The van der Waals surface area contributed by atoms with Gasteiger partial charge in [0.15, 0.2) is 11.5 Å². The van der Waals surface area contributed by atoms with Gasteiger partial charge in [-0.25, -0.2) is 4.98 Å². The van der Waals surface area contributed by atoms with Crippen LogP contribution in [0.5, 0.6) is 0 Å². The smallest absolute Gasteiger partial charge is 0.192 e. The van der Waals surface area contributed by atoms with Crippen LogP contribution in [0.25, 0.3) is 11.1 Å². The van der Waals surface area contributed by atoms with Gasteiger partial charge in [-0.3, -0.25) is 0 Å². The van der Waals surface area contributed by atoms with Gasteiger partial charge in [-0.1, -0.05) is 0 Å². The Kier molecular flexibility index (Phi) is 2.92. The number of nitrogens with zero attached hydrogens (tertiary/aromatic N) is 1. The van der Waals surface area contributed by atoms with Crippen molar-refractivity contribution in [2.75, 3.05) is 11.9 Å². The van der Waals surface area contributed by atoms with Crippen LogP contribution in [0.2, 0.25) is 0 Å². The molecule has 1 aromatic carbocycles. The molecule has 1 atom stereocenters. The Morgan fingerprint density at radius 1 is 1.44 bits per heavy atom. The molecular formula is C14H16N2O2. The van der Waals surface area contributed by atoms with Crippen molar-refractivity contribution in [3.63, 3.8) is 0 Å². The first-order valence-electron chi connectivity index (χ1n) is 6.23. The SMILES string of the molecule is Cc1nc2cc(NCC3CCC=CO3)ccc2o1. The van der Waals surface area contributed by atoms with E-state index < -0.39 is 0 Å². The van der Waals surface area contributed by atoms with E-state index in [9.17, 15) is 0 Å². The number of nitrogens with one attached hydrogen (secondary N) is 1. The monoisotopic (exact) mass is 244 g/mol. The fourth-order valence-electron chi connectivity index (χ4n) is 2.12. The van der Waals surface area contributed by atoms with Crippen LogP contribution in [0, 0.1) is 6.92 Å². The molecule has 94 valence electrons. The summed E-state index contributed by atoms with van der Waals surface area (Å²) in [6.45, 7) is 2.67. The van der Waals surface area contributed by atoms with Crippen molar-refractivity contribution in [3.05, 3.63) is 36.4 Å². The lowest BCUT2D eigenvalue weighted by molar-refractivity contribution is 0.135. The molecule has 0 bridgehead atoms. The number of fused-ring (bicyclic) bond motifs is 1. The molecule has 0 amide bonds. The van der Waals surface area contributed by atoms with Crippen LogP contribution in [-0.4, -0.2) is 17.6 Å².